The topological polar surface area (TPSA) is 69.6 Å². The highest BCUT2D eigenvalue weighted by Crippen LogP contribution is 2.28. The molecule has 0 aliphatic carbocycles. The van der Waals surface area contributed by atoms with Crippen molar-refractivity contribution in [2.45, 2.75) is 12.5 Å². The highest BCUT2D eigenvalue weighted by molar-refractivity contribution is 6.33. The average Bonchev–Trinajstić information content (AvgIpc) is 2.63. The number of amides is 2. The Balaban J connectivity index is 1.91. The van der Waals surface area contributed by atoms with Crippen molar-refractivity contribution in [2.24, 2.45) is 0 Å². The fourth-order valence-electron chi connectivity index (χ4n) is 3.05. The molecule has 0 spiro atoms. The van der Waals surface area contributed by atoms with Crippen molar-refractivity contribution in [3.05, 3.63) is 59.1 Å². The van der Waals surface area contributed by atoms with E-state index in [-0.39, 0.29) is 24.8 Å². The summed E-state index contributed by atoms with van der Waals surface area (Å²) >= 11 is 6.25. The molecule has 130 valence electrons. The third kappa shape index (κ3) is 3.67. The summed E-state index contributed by atoms with van der Waals surface area (Å²) < 4.78 is 0. The van der Waals surface area contributed by atoms with Crippen LogP contribution in [-0.2, 0) is 4.79 Å². The van der Waals surface area contributed by atoms with Gasteiger partial charge in [0.15, 0.2) is 0 Å². The van der Waals surface area contributed by atoms with Crippen LogP contribution in [0.4, 0.5) is 0 Å². The van der Waals surface area contributed by atoms with Gasteiger partial charge in [0.25, 0.3) is 5.91 Å². The summed E-state index contributed by atoms with van der Waals surface area (Å²) in [5, 5.41) is 12.5. The lowest BCUT2D eigenvalue weighted by molar-refractivity contribution is -0.128. The summed E-state index contributed by atoms with van der Waals surface area (Å²) in [7, 11) is 0. The van der Waals surface area contributed by atoms with Crippen LogP contribution >= 0.6 is 11.6 Å². The van der Waals surface area contributed by atoms with E-state index >= 15 is 0 Å². The monoisotopic (exact) mass is 358 g/mol. The summed E-state index contributed by atoms with van der Waals surface area (Å²) in [6.45, 7) is 0.684. The van der Waals surface area contributed by atoms with Gasteiger partial charge >= 0.3 is 0 Å². The predicted molar refractivity (Wildman–Crippen MR) is 96.4 cm³/mol. The number of piperazine rings is 1. The van der Waals surface area contributed by atoms with Gasteiger partial charge < -0.3 is 15.3 Å². The van der Waals surface area contributed by atoms with Crippen molar-refractivity contribution in [1.29, 1.82) is 0 Å². The van der Waals surface area contributed by atoms with Crippen LogP contribution in [0.2, 0.25) is 5.02 Å². The van der Waals surface area contributed by atoms with Crippen LogP contribution in [0.25, 0.3) is 11.1 Å². The van der Waals surface area contributed by atoms with E-state index in [4.69, 9.17) is 11.6 Å². The zero-order valence-electron chi connectivity index (χ0n) is 13.6. The van der Waals surface area contributed by atoms with Crippen molar-refractivity contribution in [2.75, 3.05) is 19.7 Å². The fourth-order valence-corrected chi connectivity index (χ4v) is 3.29. The molecule has 1 heterocycles. The summed E-state index contributed by atoms with van der Waals surface area (Å²) in [4.78, 5) is 26.5. The number of carbonyl (C=O) groups excluding carboxylic acids is 2. The lowest BCUT2D eigenvalue weighted by atomic mass is 10.0. The van der Waals surface area contributed by atoms with Gasteiger partial charge in [0.05, 0.1) is 0 Å². The van der Waals surface area contributed by atoms with Crippen LogP contribution < -0.4 is 5.32 Å². The first-order chi connectivity index (χ1) is 12.1. The van der Waals surface area contributed by atoms with Gasteiger partial charge in [-0.1, -0.05) is 41.9 Å². The minimum atomic E-state index is -0.643. The van der Waals surface area contributed by atoms with Crippen LogP contribution in [0.5, 0.6) is 0 Å². The number of halogens is 1. The number of aliphatic hydroxyl groups is 1. The number of aliphatic hydroxyl groups excluding tert-OH is 1. The van der Waals surface area contributed by atoms with Crippen molar-refractivity contribution in [1.82, 2.24) is 10.2 Å². The van der Waals surface area contributed by atoms with Gasteiger partial charge in [-0.2, -0.15) is 0 Å². The third-order valence-corrected chi connectivity index (χ3v) is 4.62. The maximum absolute atomic E-state index is 12.9. The van der Waals surface area contributed by atoms with Crippen molar-refractivity contribution < 1.29 is 14.7 Å². The summed E-state index contributed by atoms with van der Waals surface area (Å²) in [6, 6.07) is 14.0. The maximum atomic E-state index is 12.9. The standard InChI is InChI=1S/C19H19ClN2O3/c20-16-7-2-1-6-15(16)13-4-3-5-14(12-13)19(25)22-10-9-21-18(24)17(22)8-11-23/h1-7,12,17,23H,8-11H2,(H,21,24). The van der Waals surface area contributed by atoms with Crippen molar-refractivity contribution in [3.63, 3.8) is 0 Å². The molecule has 2 N–H and O–H groups in total. The van der Waals surface area contributed by atoms with Gasteiger partial charge in [-0.15, -0.1) is 0 Å². The molecular weight excluding hydrogens is 340 g/mol. The Morgan fingerprint density at radius 3 is 2.80 bits per heavy atom. The molecule has 6 heteroatoms. The van der Waals surface area contributed by atoms with Crippen molar-refractivity contribution >= 4 is 23.4 Å². The SMILES string of the molecule is O=C1NCCN(C(=O)c2cccc(-c3ccccc3Cl)c2)C1CCO. The van der Waals surface area contributed by atoms with Crippen LogP contribution in [0, 0.1) is 0 Å². The molecule has 5 nitrogen and oxygen atoms in total. The van der Waals surface area contributed by atoms with Crippen LogP contribution in [0.1, 0.15) is 16.8 Å². The number of hydrogen-bond donors (Lipinski definition) is 2. The van der Waals surface area contributed by atoms with Crippen LogP contribution in [0.15, 0.2) is 48.5 Å². The van der Waals surface area contributed by atoms with Gasteiger partial charge in [-0.25, -0.2) is 0 Å². The Morgan fingerprint density at radius 2 is 2.04 bits per heavy atom. The molecule has 1 saturated heterocycles. The number of nitrogens with zero attached hydrogens (tertiary/aromatic N) is 1. The molecule has 0 radical (unpaired) electrons. The molecule has 1 aliphatic heterocycles. The molecule has 1 atom stereocenters. The van der Waals surface area contributed by atoms with E-state index in [0.29, 0.717) is 23.7 Å². The Labute approximate surface area is 151 Å². The van der Waals surface area contributed by atoms with Gasteiger partial charge in [0.1, 0.15) is 6.04 Å². The Kier molecular flexibility index (Phi) is 5.36. The van der Waals surface area contributed by atoms with Gasteiger partial charge in [-0.05, 0) is 30.2 Å². The van der Waals surface area contributed by atoms with E-state index in [1.165, 1.54) is 4.90 Å². The minimum Gasteiger partial charge on any atom is -0.396 e. The summed E-state index contributed by atoms with van der Waals surface area (Å²) in [5.41, 5.74) is 2.19. The number of nitrogens with one attached hydrogen (secondary N) is 1. The second kappa shape index (κ2) is 7.68. The second-order valence-electron chi connectivity index (χ2n) is 5.88. The first-order valence-corrected chi connectivity index (χ1v) is 8.54. The quantitative estimate of drug-likeness (QED) is 0.881. The molecule has 2 aromatic rings. The normalized spacial score (nSPS) is 17.3. The van der Waals surface area contributed by atoms with Crippen molar-refractivity contribution in [3.8, 4) is 11.1 Å². The fraction of sp³-hybridized carbons (Fsp3) is 0.263. The zero-order valence-corrected chi connectivity index (χ0v) is 14.4. The summed E-state index contributed by atoms with van der Waals surface area (Å²) in [5.74, 6) is -0.446. The van der Waals surface area contributed by atoms with Gasteiger partial charge in [0.2, 0.25) is 5.91 Å². The van der Waals surface area contributed by atoms with E-state index in [2.05, 4.69) is 5.32 Å². The van der Waals surface area contributed by atoms with Gasteiger partial charge in [-0.3, -0.25) is 9.59 Å². The lowest BCUT2D eigenvalue weighted by Gasteiger charge is -2.35. The Hall–Kier alpha value is -2.37. The molecule has 0 bridgehead atoms. The number of rotatable bonds is 4. The number of carbonyl (C=O) groups is 2. The first-order valence-electron chi connectivity index (χ1n) is 8.16. The highest BCUT2D eigenvalue weighted by Gasteiger charge is 2.33. The highest BCUT2D eigenvalue weighted by atomic mass is 35.5. The minimum absolute atomic E-state index is 0.151. The predicted octanol–water partition coefficient (Wildman–Crippen LogP) is 2.33. The number of benzene rings is 2. The van der Waals surface area contributed by atoms with E-state index < -0.39 is 6.04 Å². The third-order valence-electron chi connectivity index (χ3n) is 4.29. The molecule has 0 saturated carbocycles. The second-order valence-corrected chi connectivity index (χ2v) is 6.29. The zero-order chi connectivity index (χ0) is 17.8. The number of hydrogen-bond acceptors (Lipinski definition) is 3. The maximum Gasteiger partial charge on any atom is 0.254 e. The molecule has 1 aliphatic rings. The molecule has 1 unspecified atom stereocenters. The van der Waals surface area contributed by atoms with E-state index in [0.717, 1.165) is 11.1 Å². The lowest BCUT2D eigenvalue weighted by Crippen LogP contribution is -2.57. The Morgan fingerprint density at radius 1 is 1.24 bits per heavy atom. The summed E-state index contributed by atoms with van der Waals surface area (Å²) in [6.07, 6.45) is 0.224. The van der Waals surface area contributed by atoms with Crippen LogP contribution in [0.3, 0.4) is 0 Å². The molecular formula is C19H19ClN2O3. The van der Waals surface area contributed by atoms with E-state index in [1.54, 1.807) is 24.3 Å². The molecule has 1 fully saturated rings. The Bertz CT molecular complexity index is 794. The molecule has 3 rings (SSSR count). The van der Waals surface area contributed by atoms with Gasteiger partial charge in [0, 0.05) is 35.8 Å². The average molecular weight is 359 g/mol. The molecule has 25 heavy (non-hydrogen) atoms. The largest absolute Gasteiger partial charge is 0.396 e. The molecule has 2 aromatic carbocycles. The molecule has 0 aromatic heterocycles. The van der Waals surface area contributed by atoms with Crippen LogP contribution in [-0.4, -0.2) is 47.6 Å². The first kappa shape index (κ1) is 17.5. The molecule has 2 amide bonds. The smallest absolute Gasteiger partial charge is 0.254 e. The van der Waals surface area contributed by atoms with E-state index in [9.17, 15) is 14.7 Å². The van der Waals surface area contributed by atoms with E-state index in [1.807, 2.05) is 24.3 Å².